The molecule has 1 aromatic rings. The summed E-state index contributed by atoms with van der Waals surface area (Å²) in [4.78, 5) is 4.12. The third-order valence-corrected chi connectivity index (χ3v) is 3.00. The molecule has 0 aliphatic heterocycles. The van der Waals surface area contributed by atoms with E-state index in [0.29, 0.717) is 12.1 Å². The van der Waals surface area contributed by atoms with Crippen LogP contribution < -0.4 is 16.2 Å². The van der Waals surface area contributed by atoms with Crippen LogP contribution in [0.25, 0.3) is 0 Å². The van der Waals surface area contributed by atoms with Gasteiger partial charge in [0.05, 0.1) is 11.4 Å². The molecule has 0 radical (unpaired) electrons. The van der Waals surface area contributed by atoms with Crippen molar-refractivity contribution < 1.29 is 8.42 Å². The van der Waals surface area contributed by atoms with Crippen molar-refractivity contribution in [2.24, 2.45) is 15.9 Å². The van der Waals surface area contributed by atoms with E-state index in [-0.39, 0.29) is 41.4 Å². The molecule has 106 valence electrons. The van der Waals surface area contributed by atoms with Gasteiger partial charge in [0.2, 0.25) is 10.0 Å². The smallest absolute Gasteiger partial charge is 0.238 e. The predicted octanol–water partition coefficient (Wildman–Crippen LogP) is 0.542. The van der Waals surface area contributed by atoms with E-state index in [0.717, 1.165) is 0 Å². The lowest BCUT2D eigenvalue weighted by molar-refractivity contribution is 0.597. The van der Waals surface area contributed by atoms with Gasteiger partial charge >= 0.3 is 0 Å². The summed E-state index contributed by atoms with van der Waals surface area (Å²) in [6.45, 7) is 4.33. The van der Waals surface area contributed by atoms with Crippen LogP contribution in [0.15, 0.2) is 46.8 Å². The van der Waals surface area contributed by atoms with Crippen molar-refractivity contribution in [1.82, 2.24) is 5.32 Å². The molecule has 0 atom stereocenters. The number of primary sulfonamides is 1. The van der Waals surface area contributed by atoms with Gasteiger partial charge in [-0.05, 0) is 17.7 Å². The van der Waals surface area contributed by atoms with Crippen molar-refractivity contribution in [3.63, 3.8) is 0 Å². The summed E-state index contributed by atoms with van der Waals surface area (Å²) < 4.78 is 22.3. The molecule has 0 amide bonds. The van der Waals surface area contributed by atoms with Crippen molar-refractivity contribution in [3.8, 4) is 0 Å². The molecule has 0 saturated carbocycles. The first kappa shape index (κ1) is 17.9. The number of nitrogens with zero attached hydrogens (tertiary/aromatic N) is 1. The highest BCUT2D eigenvalue weighted by molar-refractivity contribution is 14.0. The number of hydrogen-bond acceptors (Lipinski definition) is 3. The summed E-state index contributed by atoms with van der Waals surface area (Å²) >= 11 is 0. The van der Waals surface area contributed by atoms with E-state index in [1.54, 1.807) is 18.2 Å². The summed E-state index contributed by atoms with van der Waals surface area (Å²) in [6, 6.07) is 6.26. The van der Waals surface area contributed by atoms with Crippen LogP contribution in [0, 0.1) is 0 Å². The van der Waals surface area contributed by atoms with E-state index in [1.807, 2.05) is 0 Å². The summed E-state index contributed by atoms with van der Waals surface area (Å²) in [5.74, 6) is 0.274. The second-order valence-electron chi connectivity index (χ2n) is 3.56. The number of aliphatic imine (C=N–C) groups is 1. The topological polar surface area (TPSA) is 111 Å². The van der Waals surface area contributed by atoms with Crippen molar-refractivity contribution in [2.45, 2.75) is 11.4 Å². The van der Waals surface area contributed by atoms with E-state index in [2.05, 4.69) is 16.9 Å². The molecule has 0 fully saturated rings. The number of benzene rings is 1. The Morgan fingerprint density at radius 1 is 1.47 bits per heavy atom. The summed E-state index contributed by atoms with van der Waals surface area (Å²) in [6.07, 6.45) is 1.66. The maximum atomic E-state index is 11.2. The van der Waals surface area contributed by atoms with Crippen molar-refractivity contribution in [1.29, 1.82) is 0 Å². The minimum Gasteiger partial charge on any atom is -0.370 e. The molecular weight excluding hydrogens is 379 g/mol. The average molecular weight is 396 g/mol. The summed E-state index contributed by atoms with van der Waals surface area (Å²) in [7, 11) is -3.69. The van der Waals surface area contributed by atoms with Gasteiger partial charge in [-0.2, -0.15) is 0 Å². The average Bonchev–Trinajstić information content (AvgIpc) is 2.33. The first-order valence-corrected chi connectivity index (χ1v) is 6.74. The van der Waals surface area contributed by atoms with E-state index < -0.39 is 10.0 Å². The fraction of sp³-hybridized carbons (Fsp3) is 0.182. The molecule has 6 nitrogen and oxygen atoms in total. The number of rotatable bonds is 5. The van der Waals surface area contributed by atoms with Gasteiger partial charge in [0.15, 0.2) is 5.96 Å². The van der Waals surface area contributed by atoms with Crippen LogP contribution in [-0.4, -0.2) is 20.9 Å². The van der Waals surface area contributed by atoms with Gasteiger partial charge in [0.1, 0.15) is 0 Å². The minimum absolute atomic E-state index is 0. The molecule has 19 heavy (non-hydrogen) atoms. The van der Waals surface area contributed by atoms with Gasteiger partial charge < -0.3 is 11.1 Å². The van der Waals surface area contributed by atoms with E-state index in [1.165, 1.54) is 12.1 Å². The van der Waals surface area contributed by atoms with Crippen LogP contribution in [0.2, 0.25) is 0 Å². The van der Waals surface area contributed by atoms with Gasteiger partial charge in [0.25, 0.3) is 0 Å². The first-order chi connectivity index (χ1) is 8.43. The molecule has 1 rings (SSSR count). The Morgan fingerprint density at radius 2 is 2.16 bits per heavy atom. The summed E-state index contributed by atoms with van der Waals surface area (Å²) in [5.41, 5.74) is 6.29. The van der Waals surface area contributed by atoms with Crippen LogP contribution in [-0.2, 0) is 16.6 Å². The quantitative estimate of drug-likeness (QED) is 0.292. The Kier molecular flexibility index (Phi) is 7.64. The van der Waals surface area contributed by atoms with Gasteiger partial charge in [-0.3, -0.25) is 0 Å². The Bertz CT molecular complexity index is 558. The maximum Gasteiger partial charge on any atom is 0.238 e. The van der Waals surface area contributed by atoms with E-state index in [9.17, 15) is 8.42 Å². The normalized spacial score (nSPS) is 11.5. The molecule has 0 heterocycles. The Balaban J connectivity index is 0.00000324. The fourth-order valence-corrected chi connectivity index (χ4v) is 1.81. The number of halogens is 1. The van der Waals surface area contributed by atoms with Crippen molar-refractivity contribution in [3.05, 3.63) is 42.5 Å². The predicted molar refractivity (Wildman–Crippen MR) is 86.8 cm³/mol. The molecule has 5 N–H and O–H groups in total. The van der Waals surface area contributed by atoms with Crippen molar-refractivity contribution in [2.75, 3.05) is 6.54 Å². The number of sulfonamides is 1. The van der Waals surface area contributed by atoms with E-state index in [4.69, 9.17) is 10.9 Å². The SMILES string of the molecule is C=CCNC(N)=NCc1cccc(S(N)(=O)=O)c1.I. The van der Waals surface area contributed by atoms with Crippen LogP contribution >= 0.6 is 24.0 Å². The minimum atomic E-state index is -3.69. The highest BCUT2D eigenvalue weighted by Crippen LogP contribution is 2.10. The third-order valence-electron chi connectivity index (χ3n) is 2.09. The zero-order valence-electron chi connectivity index (χ0n) is 10.2. The number of hydrogen-bond donors (Lipinski definition) is 3. The number of nitrogens with one attached hydrogen (secondary N) is 1. The zero-order valence-corrected chi connectivity index (χ0v) is 13.4. The van der Waals surface area contributed by atoms with Crippen LogP contribution in [0.4, 0.5) is 0 Å². The highest BCUT2D eigenvalue weighted by atomic mass is 127. The Hall–Kier alpha value is -1.13. The van der Waals surface area contributed by atoms with Gasteiger partial charge in [0, 0.05) is 6.54 Å². The molecule has 0 bridgehead atoms. The van der Waals surface area contributed by atoms with Crippen LogP contribution in [0.3, 0.4) is 0 Å². The van der Waals surface area contributed by atoms with E-state index >= 15 is 0 Å². The molecule has 0 unspecified atom stereocenters. The lowest BCUT2D eigenvalue weighted by Gasteiger charge is -2.03. The van der Waals surface area contributed by atoms with Gasteiger partial charge in [-0.15, -0.1) is 30.6 Å². The first-order valence-electron chi connectivity index (χ1n) is 5.20. The molecule has 0 saturated heterocycles. The Morgan fingerprint density at radius 3 is 2.74 bits per heavy atom. The second-order valence-corrected chi connectivity index (χ2v) is 5.12. The maximum absolute atomic E-state index is 11.2. The number of guanidine groups is 1. The lowest BCUT2D eigenvalue weighted by Crippen LogP contribution is -2.31. The molecule has 8 heteroatoms. The highest BCUT2D eigenvalue weighted by Gasteiger charge is 2.07. The summed E-state index contributed by atoms with van der Waals surface area (Å²) in [5, 5.41) is 7.85. The standard InChI is InChI=1S/C11H16N4O2S.HI/c1-2-6-14-11(12)15-8-9-4-3-5-10(7-9)18(13,16)17;/h2-5,7H,1,6,8H2,(H3,12,14,15)(H2,13,16,17);1H. The van der Waals surface area contributed by atoms with Gasteiger partial charge in [-0.1, -0.05) is 18.2 Å². The van der Waals surface area contributed by atoms with Crippen molar-refractivity contribution >= 4 is 40.0 Å². The fourth-order valence-electron chi connectivity index (χ4n) is 1.23. The molecule has 0 aliphatic carbocycles. The molecule has 1 aromatic carbocycles. The zero-order chi connectivity index (χ0) is 13.6. The third kappa shape index (κ3) is 6.55. The Labute approximate surface area is 130 Å². The lowest BCUT2D eigenvalue weighted by atomic mass is 10.2. The van der Waals surface area contributed by atoms with Gasteiger partial charge in [-0.25, -0.2) is 18.5 Å². The van der Waals surface area contributed by atoms with Crippen LogP contribution in [0.5, 0.6) is 0 Å². The second kappa shape index (κ2) is 8.12. The molecule has 0 aromatic heterocycles. The molecule has 0 aliphatic rings. The number of nitrogens with two attached hydrogens (primary N) is 2. The monoisotopic (exact) mass is 396 g/mol. The molecule has 0 spiro atoms. The largest absolute Gasteiger partial charge is 0.370 e. The molecular formula is C11H17IN4O2S. The van der Waals surface area contributed by atoms with Crippen LogP contribution in [0.1, 0.15) is 5.56 Å².